The Bertz CT molecular complexity index is 370. The molecule has 0 radical (unpaired) electrons. The van der Waals surface area contributed by atoms with Gasteiger partial charge in [-0.05, 0) is 31.0 Å². The van der Waals surface area contributed by atoms with Crippen LogP contribution in [0.1, 0.15) is 18.1 Å². The van der Waals surface area contributed by atoms with Crippen LogP contribution < -0.4 is 5.32 Å². The smallest absolute Gasteiger partial charge is 0.0235 e. The van der Waals surface area contributed by atoms with Crippen LogP contribution >= 0.6 is 28.3 Å². The van der Waals surface area contributed by atoms with Crippen LogP contribution in [0.25, 0.3) is 0 Å². The van der Waals surface area contributed by atoms with Crippen LogP contribution in [0, 0.1) is 6.92 Å². The monoisotopic (exact) mass is 318 g/mol. The zero-order valence-electron chi connectivity index (χ0n) is 10.4. The highest BCUT2D eigenvalue weighted by atomic mass is 79.9. The van der Waals surface area contributed by atoms with Crippen molar-refractivity contribution in [2.75, 3.05) is 19.6 Å². The molecule has 1 aromatic carbocycles. The van der Waals surface area contributed by atoms with Crippen LogP contribution in [0.5, 0.6) is 0 Å². The summed E-state index contributed by atoms with van der Waals surface area (Å²) in [6.45, 7) is 8.87. The van der Waals surface area contributed by atoms with Gasteiger partial charge in [0.05, 0.1) is 0 Å². The van der Waals surface area contributed by atoms with Crippen molar-refractivity contribution < 1.29 is 0 Å². The van der Waals surface area contributed by atoms with Gasteiger partial charge in [-0.2, -0.15) is 0 Å². The Morgan fingerprint density at radius 2 is 2.24 bits per heavy atom. The van der Waals surface area contributed by atoms with E-state index in [-0.39, 0.29) is 12.4 Å². The Morgan fingerprint density at radius 3 is 2.88 bits per heavy atom. The van der Waals surface area contributed by atoms with Crippen molar-refractivity contribution in [3.63, 3.8) is 0 Å². The van der Waals surface area contributed by atoms with Gasteiger partial charge >= 0.3 is 0 Å². The third-order valence-corrected chi connectivity index (χ3v) is 3.97. The zero-order valence-corrected chi connectivity index (χ0v) is 12.8. The molecule has 1 saturated heterocycles. The summed E-state index contributed by atoms with van der Waals surface area (Å²) in [6.07, 6.45) is 0. The molecule has 1 aliphatic rings. The van der Waals surface area contributed by atoms with Gasteiger partial charge in [0.15, 0.2) is 0 Å². The first-order valence-corrected chi connectivity index (χ1v) is 6.65. The van der Waals surface area contributed by atoms with E-state index in [1.165, 1.54) is 15.6 Å². The molecular weight excluding hydrogens is 300 g/mol. The van der Waals surface area contributed by atoms with Gasteiger partial charge in [0.1, 0.15) is 0 Å². The largest absolute Gasteiger partial charge is 0.312 e. The number of nitrogens with zero attached hydrogens (tertiary/aromatic N) is 1. The van der Waals surface area contributed by atoms with Crippen LogP contribution in [0.2, 0.25) is 0 Å². The summed E-state index contributed by atoms with van der Waals surface area (Å²) in [7, 11) is 0. The highest BCUT2D eigenvalue weighted by molar-refractivity contribution is 9.10. The fraction of sp³-hybridized carbons (Fsp3) is 0.538. The summed E-state index contributed by atoms with van der Waals surface area (Å²) >= 11 is 3.54. The fourth-order valence-corrected chi connectivity index (χ4v) is 2.47. The van der Waals surface area contributed by atoms with Crippen molar-refractivity contribution in [1.29, 1.82) is 0 Å². The topological polar surface area (TPSA) is 15.3 Å². The van der Waals surface area contributed by atoms with Crippen molar-refractivity contribution in [2.24, 2.45) is 0 Å². The molecule has 17 heavy (non-hydrogen) atoms. The van der Waals surface area contributed by atoms with Gasteiger partial charge in [-0.25, -0.2) is 0 Å². The molecule has 4 heteroatoms. The first-order valence-electron chi connectivity index (χ1n) is 5.86. The van der Waals surface area contributed by atoms with Gasteiger partial charge in [-0.1, -0.05) is 28.1 Å². The third-order valence-electron chi connectivity index (χ3n) is 3.08. The molecule has 0 aromatic heterocycles. The molecule has 2 nitrogen and oxygen atoms in total. The molecule has 2 rings (SSSR count). The Hall–Kier alpha value is -0.0900. The minimum absolute atomic E-state index is 0. The van der Waals surface area contributed by atoms with Gasteiger partial charge < -0.3 is 5.32 Å². The molecule has 0 saturated carbocycles. The lowest BCUT2D eigenvalue weighted by Crippen LogP contribution is -2.48. The zero-order chi connectivity index (χ0) is 11.5. The van der Waals surface area contributed by atoms with Crippen LogP contribution in [0.15, 0.2) is 22.7 Å². The van der Waals surface area contributed by atoms with E-state index >= 15 is 0 Å². The van der Waals surface area contributed by atoms with E-state index in [4.69, 9.17) is 0 Å². The lowest BCUT2D eigenvalue weighted by molar-refractivity contribution is 0.199. The number of piperazine rings is 1. The summed E-state index contributed by atoms with van der Waals surface area (Å²) in [5.41, 5.74) is 2.73. The second-order valence-corrected chi connectivity index (χ2v) is 5.53. The second-order valence-electron chi connectivity index (χ2n) is 4.67. The van der Waals surface area contributed by atoms with Crippen molar-refractivity contribution in [1.82, 2.24) is 10.2 Å². The quantitative estimate of drug-likeness (QED) is 0.901. The fourth-order valence-electron chi connectivity index (χ4n) is 2.22. The predicted molar refractivity (Wildman–Crippen MR) is 78.9 cm³/mol. The molecule has 1 unspecified atom stereocenters. The molecule has 0 aliphatic carbocycles. The van der Waals surface area contributed by atoms with E-state index in [1.807, 2.05) is 0 Å². The highest BCUT2D eigenvalue weighted by Crippen LogP contribution is 2.18. The minimum atomic E-state index is 0. The summed E-state index contributed by atoms with van der Waals surface area (Å²) in [5, 5.41) is 3.47. The number of nitrogens with one attached hydrogen (secondary N) is 1. The first kappa shape index (κ1) is 15.0. The highest BCUT2D eigenvalue weighted by Gasteiger charge is 2.15. The predicted octanol–water partition coefficient (Wildman–Crippen LogP) is 2.97. The van der Waals surface area contributed by atoms with Crippen molar-refractivity contribution in [3.8, 4) is 0 Å². The maximum absolute atomic E-state index is 3.54. The molecule has 1 aliphatic heterocycles. The molecule has 96 valence electrons. The Labute approximate surface area is 118 Å². The minimum Gasteiger partial charge on any atom is -0.312 e. The van der Waals surface area contributed by atoms with E-state index in [0.29, 0.717) is 6.04 Å². The molecular formula is C13H20BrClN2. The molecule has 0 spiro atoms. The Morgan fingerprint density at radius 1 is 1.47 bits per heavy atom. The number of halogens is 2. The average molecular weight is 320 g/mol. The first-order chi connectivity index (χ1) is 7.65. The van der Waals surface area contributed by atoms with Gasteiger partial charge in [0.2, 0.25) is 0 Å². The van der Waals surface area contributed by atoms with Gasteiger partial charge in [-0.3, -0.25) is 4.90 Å². The second kappa shape index (κ2) is 6.74. The average Bonchev–Trinajstić information content (AvgIpc) is 2.24. The molecule has 1 atom stereocenters. The lowest BCUT2D eigenvalue weighted by atomic mass is 10.1. The Balaban J connectivity index is 0.00000144. The van der Waals surface area contributed by atoms with Crippen molar-refractivity contribution >= 4 is 28.3 Å². The van der Waals surface area contributed by atoms with E-state index in [0.717, 1.165) is 26.2 Å². The van der Waals surface area contributed by atoms with E-state index < -0.39 is 0 Å². The number of aryl methyl sites for hydroxylation is 1. The third kappa shape index (κ3) is 4.25. The number of hydrogen-bond donors (Lipinski definition) is 1. The SMILES string of the molecule is Cc1cc(CN2CCNC(C)C2)ccc1Br.Cl. The van der Waals surface area contributed by atoms with Crippen molar-refractivity contribution in [2.45, 2.75) is 26.4 Å². The Kier molecular flexibility index (Phi) is 5.93. The summed E-state index contributed by atoms with van der Waals surface area (Å²) in [6, 6.07) is 7.25. The van der Waals surface area contributed by atoms with Crippen LogP contribution in [-0.4, -0.2) is 30.6 Å². The number of hydrogen-bond acceptors (Lipinski definition) is 2. The van der Waals surface area contributed by atoms with Crippen LogP contribution in [-0.2, 0) is 6.54 Å². The molecule has 1 aromatic rings. The van der Waals surface area contributed by atoms with Crippen molar-refractivity contribution in [3.05, 3.63) is 33.8 Å². The van der Waals surface area contributed by atoms with E-state index in [2.05, 4.69) is 58.2 Å². The molecule has 0 bridgehead atoms. The lowest BCUT2D eigenvalue weighted by Gasteiger charge is -2.31. The number of benzene rings is 1. The molecule has 0 amide bonds. The van der Waals surface area contributed by atoms with Crippen LogP contribution in [0.3, 0.4) is 0 Å². The normalized spacial score (nSPS) is 21.0. The maximum Gasteiger partial charge on any atom is 0.0235 e. The molecule has 1 fully saturated rings. The summed E-state index contributed by atoms with van der Waals surface area (Å²) in [5.74, 6) is 0. The summed E-state index contributed by atoms with van der Waals surface area (Å²) in [4.78, 5) is 2.52. The van der Waals surface area contributed by atoms with E-state index in [9.17, 15) is 0 Å². The van der Waals surface area contributed by atoms with Gasteiger partial charge in [-0.15, -0.1) is 12.4 Å². The number of rotatable bonds is 2. The van der Waals surface area contributed by atoms with Crippen LogP contribution in [0.4, 0.5) is 0 Å². The molecule has 1 heterocycles. The van der Waals surface area contributed by atoms with E-state index in [1.54, 1.807) is 0 Å². The maximum atomic E-state index is 3.54. The summed E-state index contributed by atoms with van der Waals surface area (Å²) < 4.78 is 1.20. The molecule has 1 N–H and O–H groups in total. The van der Waals surface area contributed by atoms with Gasteiger partial charge in [0.25, 0.3) is 0 Å². The van der Waals surface area contributed by atoms with Gasteiger partial charge in [0, 0.05) is 36.7 Å². The standard InChI is InChI=1S/C13H19BrN2.ClH/c1-10-7-12(3-4-13(10)14)9-16-6-5-15-11(2)8-16;/h3-4,7,11,15H,5-6,8-9H2,1-2H3;1H.